The van der Waals surface area contributed by atoms with Crippen LogP contribution in [0.4, 0.5) is 0 Å². The first-order valence-corrected chi connectivity index (χ1v) is 6.45. The number of nitrogens with zero attached hydrogens (tertiary/aromatic N) is 1. The molecule has 0 radical (unpaired) electrons. The van der Waals surface area contributed by atoms with E-state index in [-0.39, 0.29) is 29.5 Å². The lowest BCUT2D eigenvalue weighted by Crippen LogP contribution is -2.23. The highest BCUT2D eigenvalue weighted by Crippen LogP contribution is 2.23. The molecule has 1 N–H and O–H groups in total. The van der Waals surface area contributed by atoms with E-state index in [1.165, 1.54) is 28.3 Å². The van der Waals surface area contributed by atoms with Crippen molar-refractivity contribution in [2.75, 3.05) is 6.61 Å². The van der Waals surface area contributed by atoms with Gasteiger partial charge in [0.15, 0.2) is 4.80 Å². The van der Waals surface area contributed by atoms with Crippen molar-refractivity contribution in [3.63, 3.8) is 0 Å². The Bertz CT molecular complexity index is 453. The van der Waals surface area contributed by atoms with Gasteiger partial charge in [0.25, 0.3) is 0 Å². The lowest BCUT2D eigenvalue weighted by atomic mass is 10.0. The summed E-state index contributed by atoms with van der Waals surface area (Å²) in [6.07, 6.45) is 4.41. The fraction of sp³-hybridized carbons (Fsp3) is 0.636. The second kappa shape index (κ2) is 6.35. The second-order valence-electron chi connectivity index (χ2n) is 3.88. The molecule has 0 aliphatic heterocycles. The Morgan fingerprint density at radius 2 is 2.18 bits per heavy atom. The SMILES string of the molecule is Br.CCOC(=O)Cn1c2c(sc1=N)CCCC2. The molecule has 2 rings (SSSR count). The zero-order valence-corrected chi connectivity index (χ0v) is 12.4. The van der Waals surface area contributed by atoms with Crippen LogP contribution in [0.1, 0.15) is 30.3 Å². The van der Waals surface area contributed by atoms with Crippen LogP contribution in [0.3, 0.4) is 0 Å². The zero-order chi connectivity index (χ0) is 11.5. The monoisotopic (exact) mass is 320 g/mol. The molecule has 0 aromatic carbocycles. The van der Waals surface area contributed by atoms with Crippen molar-refractivity contribution in [2.45, 2.75) is 39.2 Å². The van der Waals surface area contributed by atoms with E-state index >= 15 is 0 Å². The predicted octanol–water partition coefficient (Wildman–Crippen LogP) is 2.05. The molecule has 96 valence electrons. The van der Waals surface area contributed by atoms with Crippen molar-refractivity contribution < 1.29 is 9.53 Å². The third-order valence-corrected chi connectivity index (χ3v) is 3.87. The van der Waals surface area contributed by atoms with E-state index in [0.717, 1.165) is 19.3 Å². The van der Waals surface area contributed by atoms with Gasteiger partial charge in [0.1, 0.15) is 6.54 Å². The van der Waals surface area contributed by atoms with Crippen molar-refractivity contribution in [3.05, 3.63) is 15.4 Å². The third kappa shape index (κ3) is 3.19. The van der Waals surface area contributed by atoms with Gasteiger partial charge < -0.3 is 9.30 Å². The summed E-state index contributed by atoms with van der Waals surface area (Å²) in [5, 5.41) is 7.87. The van der Waals surface area contributed by atoms with Crippen molar-refractivity contribution in [1.82, 2.24) is 4.57 Å². The second-order valence-corrected chi connectivity index (χ2v) is 4.96. The lowest BCUT2D eigenvalue weighted by Gasteiger charge is -2.13. The topological polar surface area (TPSA) is 55.1 Å². The number of aromatic nitrogens is 1. The summed E-state index contributed by atoms with van der Waals surface area (Å²) in [7, 11) is 0. The molecule has 0 atom stereocenters. The summed E-state index contributed by atoms with van der Waals surface area (Å²) >= 11 is 1.50. The highest BCUT2D eigenvalue weighted by molar-refractivity contribution is 8.93. The Hall–Kier alpha value is -0.620. The van der Waals surface area contributed by atoms with E-state index in [2.05, 4.69) is 0 Å². The summed E-state index contributed by atoms with van der Waals surface area (Å²) in [6.45, 7) is 2.39. The highest BCUT2D eigenvalue weighted by Gasteiger charge is 2.18. The van der Waals surface area contributed by atoms with Gasteiger partial charge in [-0.3, -0.25) is 10.2 Å². The smallest absolute Gasteiger partial charge is 0.326 e. The fourth-order valence-electron chi connectivity index (χ4n) is 2.05. The maximum absolute atomic E-state index is 11.4. The van der Waals surface area contributed by atoms with Crippen LogP contribution in [-0.4, -0.2) is 17.1 Å². The standard InChI is InChI=1S/C11H16N2O2S.BrH/c1-2-15-10(14)7-13-8-5-3-4-6-9(8)16-11(13)12;/h12H,2-7H2,1H3;1H. The molecule has 4 nitrogen and oxygen atoms in total. The van der Waals surface area contributed by atoms with Gasteiger partial charge in [-0.25, -0.2) is 0 Å². The van der Waals surface area contributed by atoms with E-state index in [1.807, 2.05) is 0 Å². The summed E-state index contributed by atoms with van der Waals surface area (Å²) in [5.74, 6) is -0.243. The zero-order valence-electron chi connectivity index (χ0n) is 9.82. The summed E-state index contributed by atoms with van der Waals surface area (Å²) in [4.78, 5) is 13.2. The molecule has 1 aromatic heterocycles. The van der Waals surface area contributed by atoms with Crippen LogP contribution in [0.25, 0.3) is 0 Å². The Kier molecular flexibility index (Phi) is 5.39. The number of hydrogen-bond donors (Lipinski definition) is 1. The Morgan fingerprint density at radius 3 is 2.88 bits per heavy atom. The minimum Gasteiger partial charge on any atom is -0.465 e. The number of aryl methyl sites for hydroxylation is 1. The van der Waals surface area contributed by atoms with E-state index in [9.17, 15) is 4.79 Å². The first kappa shape index (κ1) is 14.4. The molecule has 1 heterocycles. The average molecular weight is 321 g/mol. The number of carbonyl (C=O) groups is 1. The van der Waals surface area contributed by atoms with Crippen molar-refractivity contribution in [2.24, 2.45) is 0 Å². The normalized spacial score (nSPS) is 13.7. The third-order valence-electron chi connectivity index (χ3n) is 2.77. The average Bonchev–Trinajstić information content (AvgIpc) is 2.56. The van der Waals surface area contributed by atoms with Crippen molar-refractivity contribution in [1.29, 1.82) is 5.41 Å². The molecule has 0 bridgehead atoms. The number of fused-ring (bicyclic) bond motifs is 1. The quantitative estimate of drug-likeness (QED) is 0.866. The van der Waals surface area contributed by atoms with E-state index in [4.69, 9.17) is 10.1 Å². The summed E-state index contributed by atoms with van der Waals surface area (Å²) in [5.41, 5.74) is 1.18. The van der Waals surface area contributed by atoms with Crippen LogP contribution >= 0.6 is 28.3 Å². The molecular formula is C11H17BrN2O2S. The maximum atomic E-state index is 11.4. The van der Waals surface area contributed by atoms with E-state index in [0.29, 0.717) is 11.4 Å². The summed E-state index contributed by atoms with van der Waals surface area (Å²) in [6, 6.07) is 0. The molecule has 1 aromatic rings. The predicted molar refractivity (Wildman–Crippen MR) is 71.8 cm³/mol. The minimum atomic E-state index is -0.243. The molecule has 1 aliphatic rings. The number of rotatable bonds is 3. The number of ether oxygens (including phenoxy) is 1. The minimum absolute atomic E-state index is 0. The molecule has 0 spiro atoms. The number of hydrogen-bond acceptors (Lipinski definition) is 4. The molecule has 6 heteroatoms. The van der Waals surface area contributed by atoms with Crippen LogP contribution in [0, 0.1) is 5.41 Å². The van der Waals surface area contributed by atoms with Gasteiger partial charge in [0.05, 0.1) is 6.61 Å². The van der Waals surface area contributed by atoms with Crippen molar-refractivity contribution in [3.8, 4) is 0 Å². The van der Waals surface area contributed by atoms with Gasteiger partial charge in [0, 0.05) is 10.6 Å². The fourth-order valence-corrected chi connectivity index (χ4v) is 3.15. The first-order valence-electron chi connectivity index (χ1n) is 5.64. The molecular weight excluding hydrogens is 304 g/mol. The molecule has 17 heavy (non-hydrogen) atoms. The van der Waals surface area contributed by atoms with Crippen LogP contribution in [0.5, 0.6) is 0 Å². The Balaban J connectivity index is 0.00000144. The summed E-state index contributed by atoms with van der Waals surface area (Å²) < 4.78 is 6.73. The largest absolute Gasteiger partial charge is 0.465 e. The van der Waals surface area contributed by atoms with Gasteiger partial charge in [-0.2, -0.15) is 0 Å². The van der Waals surface area contributed by atoms with Gasteiger partial charge in [-0.1, -0.05) is 0 Å². The van der Waals surface area contributed by atoms with Crippen LogP contribution in [0.15, 0.2) is 0 Å². The Labute approximate surface area is 115 Å². The number of esters is 1. The molecule has 0 fully saturated rings. The van der Waals surface area contributed by atoms with Gasteiger partial charge in [0.2, 0.25) is 0 Å². The molecule has 0 unspecified atom stereocenters. The van der Waals surface area contributed by atoms with Crippen molar-refractivity contribution >= 4 is 34.3 Å². The van der Waals surface area contributed by atoms with E-state index < -0.39 is 0 Å². The van der Waals surface area contributed by atoms with Crippen LogP contribution in [-0.2, 0) is 28.9 Å². The number of carbonyl (C=O) groups excluding carboxylic acids is 1. The number of halogens is 1. The van der Waals surface area contributed by atoms with Crippen LogP contribution < -0.4 is 4.80 Å². The number of nitrogens with one attached hydrogen (secondary N) is 1. The molecule has 1 aliphatic carbocycles. The van der Waals surface area contributed by atoms with Gasteiger partial charge >= 0.3 is 5.97 Å². The molecule has 0 amide bonds. The molecule has 0 saturated carbocycles. The first-order chi connectivity index (χ1) is 7.72. The highest BCUT2D eigenvalue weighted by atomic mass is 79.9. The van der Waals surface area contributed by atoms with E-state index in [1.54, 1.807) is 11.5 Å². The molecule has 0 saturated heterocycles. The Morgan fingerprint density at radius 1 is 1.47 bits per heavy atom. The lowest BCUT2D eigenvalue weighted by molar-refractivity contribution is -0.143. The van der Waals surface area contributed by atoms with Gasteiger partial charge in [-0.15, -0.1) is 28.3 Å². The maximum Gasteiger partial charge on any atom is 0.326 e. The van der Waals surface area contributed by atoms with Crippen LogP contribution in [0.2, 0.25) is 0 Å². The number of thiazole rings is 1. The van der Waals surface area contributed by atoms with Gasteiger partial charge in [-0.05, 0) is 32.6 Å².